The van der Waals surface area contributed by atoms with Crippen molar-refractivity contribution in [2.45, 2.75) is 25.3 Å². The molecule has 1 aromatic heterocycles. The van der Waals surface area contributed by atoms with Crippen molar-refractivity contribution in [3.63, 3.8) is 0 Å². The minimum Gasteiger partial charge on any atom is -0.339 e. The summed E-state index contributed by atoms with van der Waals surface area (Å²) in [5.41, 5.74) is 2.12. The molecule has 1 aliphatic rings. The van der Waals surface area contributed by atoms with Crippen molar-refractivity contribution in [2.75, 3.05) is 26.7 Å². The fraction of sp³-hybridized carbons (Fsp3) is 0.348. The minimum atomic E-state index is 0.107. The number of aromatic nitrogens is 2. The Kier molecular flexibility index (Phi) is 6.00. The Hall–Kier alpha value is -2.99. The lowest BCUT2D eigenvalue weighted by Crippen LogP contribution is -2.49. The third-order valence-corrected chi connectivity index (χ3v) is 5.37. The van der Waals surface area contributed by atoms with Crippen molar-refractivity contribution < 1.29 is 9.32 Å². The molecule has 0 aliphatic carbocycles. The summed E-state index contributed by atoms with van der Waals surface area (Å²) in [6.07, 6.45) is 1.79. The Morgan fingerprint density at radius 2 is 1.79 bits per heavy atom. The van der Waals surface area contributed by atoms with Gasteiger partial charge in [0.1, 0.15) is 0 Å². The molecule has 150 valence electrons. The van der Waals surface area contributed by atoms with E-state index in [1.807, 2.05) is 53.4 Å². The molecule has 1 aliphatic heterocycles. The summed E-state index contributed by atoms with van der Waals surface area (Å²) < 4.78 is 5.36. The summed E-state index contributed by atoms with van der Waals surface area (Å²) in [6.45, 7) is 2.52. The van der Waals surface area contributed by atoms with Gasteiger partial charge in [-0.25, -0.2) is 0 Å². The second-order valence-corrected chi connectivity index (χ2v) is 7.51. The Labute approximate surface area is 171 Å². The molecule has 0 N–H and O–H groups in total. The normalized spacial score (nSPS) is 17.4. The van der Waals surface area contributed by atoms with E-state index in [0.717, 1.165) is 25.2 Å². The highest BCUT2D eigenvalue weighted by Crippen LogP contribution is 2.26. The standard InChI is InChI=1S/C23H26N4O2/c1-26-15-16-27(20(17-26)18-9-4-2-5-10-18)22(28)14-8-13-21-24-23(25-29-21)19-11-6-3-7-12-19/h2-7,9-12,20H,8,13-17H2,1H3/t20-/m0/s1. The van der Waals surface area contributed by atoms with Crippen molar-refractivity contribution >= 4 is 5.91 Å². The maximum atomic E-state index is 12.9. The van der Waals surface area contributed by atoms with E-state index in [-0.39, 0.29) is 11.9 Å². The fourth-order valence-corrected chi connectivity index (χ4v) is 3.77. The van der Waals surface area contributed by atoms with E-state index < -0.39 is 0 Å². The van der Waals surface area contributed by atoms with E-state index in [0.29, 0.717) is 31.0 Å². The van der Waals surface area contributed by atoms with Gasteiger partial charge in [-0.05, 0) is 19.0 Å². The monoisotopic (exact) mass is 390 g/mol. The van der Waals surface area contributed by atoms with E-state index >= 15 is 0 Å². The number of likely N-dealkylation sites (N-methyl/N-ethyl adjacent to an activating group) is 1. The predicted molar refractivity (Wildman–Crippen MR) is 111 cm³/mol. The zero-order valence-electron chi connectivity index (χ0n) is 16.7. The molecule has 6 heteroatoms. The van der Waals surface area contributed by atoms with Crippen LogP contribution in [0.5, 0.6) is 0 Å². The molecule has 29 heavy (non-hydrogen) atoms. The second kappa shape index (κ2) is 9.01. The van der Waals surface area contributed by atoms with Gasteiger partial charge in [0.25, 0.3) is 0 Å². The average molecular weight is 390 g/mol. The topological polar surface area (TPSA) is 62.5 Å². The highest BCUT2D eigenvalue weighted by molar-refractivity contribution is 5.77. The molecular formula is C23H26N4O2. The van der Waals surface area contributed by atoms with Crippen molar-refractivity contribution in [1.29, 1.82) is 0 Å². The molecule has 1 atom stereocenters. The Bertz CT molecular complexity index is 926. The largest absolute Gasteiger partial charge is 0.339 e. The van der Waals surface area contributed by atoms with Gasteiger partial charge in [0.05, 0.1) is 6.04 Å². The number of amides is 1. The first-order valence-electron chi connectivity index (χ1n) is 10.1. The summed E-state index contributed by atoms with van der Waals surface area (Å²) in [5, 5.41) is 4.05. The highest BCUT2D eigenvalue weighted by atomic mass is 16.5. The lowest BCUT2D eigenvalue weighted by molar-refractivity contribution is -0.136. The molecule has 1 saturated heterocycles. The summed E-state index contributed by atoms with van der Waals surface area (Å²) in [7, 11) is 2.11. The number of nitrogens with zero attached hydrogens (tertiary/aromatic N) is 4. The van der Waals surface area contributed by atoms with Crippen LogP contribution < -0.4 is 0 Å². The van der Waals surface area contributed by atoms with Gasteiger partial charge in [-0.1, -0.05) is 65.8 Å². The van der Waals surface area contributed by atoms with E-state index in [9.17, 15) is 4.79 Å². The van der Waals surface area contributed by atoms with Crippen molar-refractivity contribution in [3.8, 4) is 11.4 Å². The molecule has 4 rings (SSSR count). The molecule has 2 aromatic carbocycles. The molecule has 2 heterocycles. The van der Waals surface area contributed by atoms with Crippen LogP contribution in [0.2, 0.25) is 0 Å². The highest BCUT2D eigenvalue weighted by Gasteiger charge is 2.29. The summed E-state index contributed by atoms with van der Waals surface area (Å²) in [6, 6.07) is 20.2. The van der Waals surface area contributed by atoms with Gasteiger partial charge in [0, 0.05) is 38.0 Å². The van der Waals surface area contributed by atoms with Crippen LogP contribution in [0, 0.1) is 0 Å². The van der Waals surface area contributed by atoms with E-state index in [1.54, 1.807) is 0 Å². The van der Waals surface area contributed by atoms with Crippen LogP contribution in [-0.2, 0) is 11.2 Å². The van der Waals surface area contributed by atoms with Crippen LogP contribution in [0.25, 0.3) is 11.4 Å². The number of carbonyl (C=O) groups excluding carboxylic acids is 1. The van der Waals surface area contributed by atoms with Crippen LogP contribution in [0.1, 0.15) is 30.3 Å². The van der Waals surface area contributed by atoms with Gasteiger partial charge in [0.2, 0.25) is 17.6 Å². The third kappa shape index (κ3) is 4.71. The fourth-order valence-electron chi connectivity index (χ4n) is 3.77. The number of carbonyl (C=O) groups is 1. The quantitative estimate of drug-likeness (QED) is 0.644. The molecule has 0 unspecified atom stereocenters. The first-order valence-corrected chi connectivity index (χ1v) is 10.1. The number of hydrogen-bond donors (Lipinski definition) is 0. The smallest absolute Gasteiger partial charge is 0.226 e. The van der Waals surface area contributed by atoms with Crippen LogP contribution in [0.3, 0.4) is 0 Å². The average Bonchev–Trinajstić information content (AvgIpc) is 3.24. The molecule has 0 saturated carbocycles. The van der Waals surface area contributed by atoms with Crippen LogP contribution in [-0.4, -0.2) is 52.5 Å². The SMILES string of the molecule is CN1CCN(C(=O)CCCc2nc(-c3ccccc3)no2)[C@H](c2ccccc2)C1. The van der Waals surface area contributed by atoms with Crippen molar-refractivity contribution in [2.24, 2.45) is 0 Å². The van der Waals surface area contributed by atoms with Crippen LogP contribution >= 0.6 is 0 Å². The Morgan fingerprint density at radius 3 is 2.55 bits per heavy atom. The van der Waals surface area contributed by atoms with Gasteiger partial charge >= 0.3 is 0 Å². The first-order chi connectivity index (χ1) is 14.2. The molecule has 0 spiro atoms. The van der Waals surface area contributed by atoms with Gasteiger partial charge in [-0.3, -0.25) is 4.79 Å². The van der Waals surface area contributed by atoms with Crippen LogP contribution in [0.15, 0.2) is 65.2 Å². The van der Waals surface area contributed by atoms with Gasteiger partial charge < -0.3 is 14.3 Å². The molecular weight excluding hydrogens is 364 g/mol. The molecule has 0 bridgehead atoms. The minimum absolute atomic E-state index is 0.107. The molecule has 3 aromatic rings. The van der Waals surface area contributed by atoms with Gasteiger partial charge in [0.15, 0.2) is 0 Å². The van der Waals surface area contributed by atoms with Gasteiger partial charge in [-0.15, -0.1) is 0 Å². The zero-order valence-corrected chi connectivity index (χ0v) is 16.7. The second-order valence-electron chi connectivity index (χ2n) is 7.51. The number of benzene rings is 2. The van der Waals surface area contributed by atoms with E-state index in [2.05, 4.69) is 34.2 Å². The third-order valence-electron chi connectivity index (χ3n) is 5.37. The molecule has 6 nitrogen and oxygen atoms in total. The van der Waals surface area contributed by atoms with E-state index in [1.165, 1.54) is 5.56 Å². The number of hydrogen-bond acceptors (Lipinski definition) is 5. The van der Waals surface area contributed by atoms with Gasteiger partial charge in [-0.2, -0.15) is 4.98 Å². The maximum Gasteiger partial charge on any atom is 0.226 e. The first kappa shape index (κ1) is 19.3. The lowest BCUT2D eigenvalue weighted by Gasteiger charge is -2.40. The number of rotatable bonds is 6. The number of aryl methyl sites for hydroxylation is 1. The summed E-state index contributed by atoms with van der Waals surface area (Å²) >= 11 is 0. The van der Waals surface area contributed by atoms with Crippen LogP contribution in [0.4, 0.5) is 0 Å². The lowest BCUT2D eigenvalue weighted by atomic mass is 10.0. The number of piperazine rings is 1. The summed E-state index contributed by atoms with van der Waals surface area (Å²) in [5.74, 6) is 1.36. The Morgan fingerprint density at radius 1 is 1.07 bits per heavy atom. The van der Waals surface area contributed by atoms with E-state index in [4.69, 9.17) is 4.52 Å². The molecule has 1 amide bonds. The Balaban J connectivity index is 1.35. The molecule has 0 radical (unpaired) electrons. The maximum absolute atomic E-state index is 12.9. The summed E-state index contributed by atoms with van der Waals surface area (Å²) in [4.78, 5) is 21.7. The van der Waals surface area contributed by atoms with Crippen molar-refractivity contribution in [1.82, 2.24) is 19.9 Å². The zero-order chi connectivity index (χ0) is 20.1. The van der Waals surface area contributed by atoms with Crippen molar-refractivity contribution in [3.05, 3.63) is 72.1 Å². The predicted octanol–water partition coefficient (Wildman–Crippen LogP) is 3.57. The molecule has 1 fully saturated rings.